The summed E-state index contributed by atoms with van der Waals surface area (Å²) in [5.41, 5.74) is 2.81. The maximum absolute atomic E-state index is 13.6. The monoisotopic (exact) mass is 408 g/mol. The van der Waals surface area contributed by atoms with Crippen molar-refractivity contribution in [2.24, 2.45) is 0 Å². The molecular weight excluding hydrogens is 390 g/mol. The number of likely N-dealkylation sites (tertiary alicyclic amines) is 1. The third-order valence-electron chi connectivity index (χ3n) is 5.31. The molecule has 0 saturated carbocycles. The van der Waals surface area contributed by atoms with Crippen molar-refractivity contribution in [3.05, 3.63) is 54.5 Å². The van der Waals surface area contributed by atoms with Gasteiger partial charge in [-0.2, -0.15) is 5.26 Å². The number of hydrogen-bond acceptors (Lipinski definition) is 4. The van der Waals surface area contributed by atoms with Crippen molar-refractivity contribution in [2.45, 2.75) is 31.2 Å². The molecule has 0 bridgehead atoms. The Morgan fingerprint density at radius 2 is 2.07 bits per heavy atom. The molecule has 152 valence electrons. The zero-order chi connectivity index (χ0) is 21.3. The number of nitriles is 1. The van der Waals surface area contributed by atoms with Crippen LogP contribution < -0.4 is 0 Å². The summed E-state index contributed by atoms with van der Waals surface area (Å²) in [7, 11) is 0. The number of hydrogen-bond donors (Lipinski definition) is 1. The first-order chi connectivity index (χ1) is 14.4. The number of rotatable bonds is 5. The Hall–Kier alpha value is -3.60. The minimum absolute atomic E-state index is 0.140. The Bertz CT molecular complexity index is 1170. The molecule has 30 heavy (non-hydrogen) atoms. The number of nitrogens with one attached hydrogen (secondary N) is 1. The van der Waals surface area contributed by atoms with Crippen molar-refractivity contribution in [3.8, 4) is 17.2 Å². The average Bonchev–Trinajstić information content (AvgIpc) is 3.35. The van der Waals surface area contributed by atoms with Gasteiger partial charge in [0.1, 0.15) is 6.04 Å². The summed E-state index contributed by atoms with van der Waals surface area (Å²) in [4.78, 5) is 33.4. The topological polar surface area (TPSA) is 89.8 Å². The maximum Gasteiger partial charge on any atom is 0.268 e. The number of aromatic nitrogens is 2. The van der Waals surface area contributed by atoms with Crippen LogP contribution >= 0.6 is 0 Å². The first kappa shape index (κ1) is 19.7. The number of fused-ring (bicyclic) bond motifs is 1. The van der Waals surface area contributed by atoms with Crippen molar-refractivity contribution in [1.29, 1.82) is 5.26 Å². The lowest BCUT2D eigenvalue weighted by Crippen LogP contribution is -2.36. The second-order valence-corrected chi connectivity index (χ2v) is 7.32. The van der Waals surface area contributed by atoms with Crippen molar-refractivity contribution < 1.29 is 18.4 Å². The Morgan fingerprint density at radius 3 is 2.87 bits per heavy atom. The second-order valence-electron chi connectivity index (χ2n) is 7.32. The first-order valence-electron chi connectivity index (χ1n) is 9.50. The van der Waals surface area contributed by atoms with Gasteiger partial charge in [-0.05, 0) is 23.8 Å². The summed E-state index contributed by atoms with van der Waals surface area (Å²) in [6, 6.07) is 9.76. The number of ketones is 1. The van der Waals surface area contributed by atoms with Crippen molar-refractivity contribution >= 4 is 22.6 Å². The molecule has 1 fully saturated rings. The maximum atomic E-state index is 13.6. The number of halogens is 2. The van der Waals surface area contributed by atoms with Crippen LogP contribution in [-0.4, -0.2) is 45.1 Å². The van der Waals surface area contributed by atoms with Crippen molar-refractivity contribution in [3.63, 3.8) is 0 Å². The molecule has 8 heteroatoms. The smallest absolute Gasteiger partial charge is 0.268 e. The molecule has 0 spiro atoms. The van der Waals surface area contributed by atoms with Crippen LogP contribution in [-0.2, 0) is 4.79 Å². The van der Waals surface area contributed by atoms with E-state index in [0.29, 0.717) is 11.1 Å². The van der Waals surface area contributed by atoms with Gasteiger partial charge in [0.05, 0.1) is 12.6 Å². The van der Waals surface area contributed by atoms with Gasteiger partial charge in [0.15, 0.2) is 5.78 Å². The van der Waals surface area contributed by atoms with E-state index in [-0.39, 0.29) is 18.6 Å². The molecule has 1 aliphatic rings. The first-order valence-corrected chi connectivity index (χ1v) is 9.50. The van der Waals surface area contributed by atoms with E-state index in [1.54, 1.807) is 18.3 Å². The van der Waals surface area contributed by atoms with Gasteiger partial charge < -0.3 is 9.88 Å². The van der Waals surface area contributed by atoms with Gasteiger partial charge in [-0.1, -0.05) is 12.1 Å². The van der Waals surface area contributed by atoms with Crippen LogP contribution in [0.25, 0.3) is 22.0 Å². The van der Waals surface area contributed by atoms with E-state index >= 15 is 0 Å². The fraction of sp³-hybridized carbons (Fsp3) is 0.273. The number of H-pyrrole nitrogens is 1. The average molecular weight is 408 g/mol. The molecule has 6 nitrogen and oxygen atoms in total. The number of carbonyl (C=O) groups excluding carboxylic acids is 2. The molecule has 3 heterocycles. The van der Waals surface area contributed by atoms with Gasteiger partial charge in [0.25, 0.3) is 5.92 Å². The van der Waals surface area contributed by atoms with E-state index in [1.165, 1.54) is 6.20 Å². The van der Waals surface area contributed by atoms with Gasteiger partial charge in [-0.3, -0.25) is 14.6 Å². The third-order valence-corrected chi connectivity index (χ3v) is 5.31. The largest absolute Gasteiger partial charge is 0.361 e. The third kappa shape index (κ3) is 3.66. The quantitative estimate of drug-likeness (QED) is 0.647. The minimum Gasteiger partial charge on any atom is -0.361 e. The van der Waals surface area contributed by atoms with Gasteiger partial charge in [-0.15, -0.1) is 0 Å². The van der Waals surface area contributed by atoms with E-state index in [2.05, 4.69) is 9.97 Å². The van der Waals surface area contributed by atoms with Crippen LogP contribution in [0, 0.1) is 11.3 Å². The van der Waals surface area contributed by atoms with E-state index in [1.807, 2.05) is 30.5 Å². The fourth-order valence-electron chi connectivity index (χ4n) is 3.87. The molecule has 0 unspecified atom stereocenters. The Morgan fingerprint density at radius 1 is 1.23 bits per heavy atom. The summed E-state index contributed by atoms with van der Waals surface area (Å²) < 4.78 is 27.2. The minimum atomic E-state index is -3.08. The van der Waals surface area contributed by atoms with E-state index in [4.69, 9.17) is 5.26 Å². The zero-order valence-electron chi connectivity index (χ0n) is 15.9. The highest BCUT2D eigenvalue weighted by molar-refractivity contribution is 6.06. The highest BCUT2D eigenvalue weighted by atomic mass is 19.3. The molecular formula is C22H18F2N4O2. The van der Waals surface area contributed by atoms with Gasteiger partial charge in [0, 0.05) is 59.9 Å². The lowest BCUT2D eigenvalue weighted by molar-refractivity contribution is -0.132. The summed E-state index contributed by atoms with van der Waals surface area (Å²) in [5.74, 6) is -3.98. The summed E-state index contributed by atoms with van der Waals surface area (Å²) in [5, 5.41) is 9.99. The second kappa shape index (κ2) is 7.67. The van der Waals surface area contributed by atoms with Gasteiger partial charge in [-0.25, -0.2) is 8.78 Å². The highest BCUT2D eigenvalue weighted by Gasteiger charge is 2.47. The lowest BCUT2D eigenvalue weighted by atomic mass is 9.95. The molecule has 3 aromatic rings. The molecule has 1 aliphatic heterocycles. The van der Waals surface area contributed by atoms with Gasteiger partial charge in [0.2, 0.25) is 5.91 Å². The van der Waals surface area contributed by atoms with Crippen molar-refractivity contribution in [2.75, 3.05) is 6.54 Å². The number of amides is 1. The van der Waals surface area contributed by atoms with E-state index in [0.717, 1.165) is 21.4 Å². The summed E-state index contributed by atoms with van der Waals surface area (Å²) in [6.07, 6.45) is 3.87. The summed E-state index contributed by atoms with van der Waals surface area (Å²) >= 11 is 0. The molecule has 1 saturated heterocycles. The predicted octanol–water partition coefficient (Wildman–Crippen LogP) is 3.95. The van der Waals surface area contributed by atoms with E-state index < -0.39 is 30.8 Å². The van der Waals surface area contributed by atoms with Crippen LogP contribution in [0.15, 0.2) is 48.9 Å². The number of aromatic amines is 1. The van der Waals surface area contributed by atoms with E-state index in [9.17, 15) is 18.4 Å². The molecule has 0 radical (unpaired) electrons. The molecule has 1 N–H and O–H groups in total. The van der Waals surface area contributed by atoms with Gasteiger partial charge >= 0.3 is 0 Å². The predicted molar refractivity (Wildman–Crippen MR) is 106 cm³/mol. The SMILES string of the molecule is N#C[C@@H]1CC(F)(F)CN1C(=O)CCC(=O)c1ccncc1-c1cccc2[nH]ccc12. The molecule has 4 rings (SSSR count). The molecule has 1 aromatic carbocycles. The fourth-order valence-corrected chi connectivity index (χ4v) is 3.87. The number of carbonyl (C=O) groups is 2. The molecule has 0 aliphatic carbocycles. The van der Waals surface area contributed by atoms with Crippen LogP contribution in [0.3, 0.4) is 0 Å². The lowest BCUT2D eigenvalue weighted by Gasteiger charge is -2.19. The number of pyridine rings is 1. The highest BCUT2D eigenvalue weighted by Crippen LogP contribution is 2.33. The van der Waals surface area contributed by atoms with Crippen LogP contribution in [0.2, 0.25) is 0 Å². The molecule has 1 atom stereocenters. The molecule has 2 aromatic heterocycles. The Kier molecular flexibility index (Phi) is 5.04. The Balaban J connectivity index is 1.54. The van der Waals surface area contributed by atoms with Crippen molar-refractivity contribution in [1.82, 2.24) is 14.9 Å². The summed E-state index contributed by atoms with van der Waals surface area (Å²) in [6.45, 7) is -0.783. The standard InChI is InChI=1S/C22H18F2N4O2/c23-22(24)10-14(11-25)28(13-22)21(30)5-4-20(29)17-6-8-26-12-18(17)15-2-1-3-19-16(15)7-9-27-19/h1-3,6-9,12,14,27H,4-5,10,13H2/t14-/m0/s1. The number of Topliss-reactive ketones (excluding diaryl/α,β-unsaturated/α-hetero) is 1. The molecule has 1 amide bonds. The Labute approximate surface area is 171 Å². The zero-order valence-corrected chi connectivity index (χ0v) is 15.9. The number of alkyl halides is 2. The van der Waals surface area contributed by atoms with Crippen LogP contribution in [0.1, 0.15) is 29.6 Å². The normalized spacial score (nSPS) is 17.8. The number of benzene rings is 1. The van der Waals surface area contributed by atoms with Crippen LogP contribution in [0.5, 0.6) is 0 Å². The van der Waals surface area contributed by atoms with Crippen LogP contribution in [0.4, 0.5) is 8.78 Å². The number of nitrogens with zero attached hydrogens (tertiary/aromatic N) is 3.